The first-order valence-corrected chi connectivity index (χ1v) is 8.03. The number of nitrogens with one attached hydrogen (secondary N) is 1. The third-order valence-corrected chi connectivity index (χ3v) is 4.35. The normalized spacial score (nSPS) is 16.9. The lowest BCUT2D eigenvalue weighted by Gasteiger charge is -2.19. The number of Topliss-reactive ketones (excluding diaryl/α,β-unsaturated/α-hetero) is 1. The van der Waals surface area contributed by atoms with Crippen LogP contribution in [0.5, 0.6) is 0 Å². The summed E-state index contributed by atoms with van der Waals surface area (Å²) in [6, 6.07) is 4.35. The Hall–Kier alpha value is -3.10. The van der Waals surface area contributed by atoms with Gasteiger partial charge in [0.25, 0.3) is 5.56 Å². The molecule has 26 heavy (non-hydrogen) atoms. The number of rotatable bonds is 6. The predicted octanol–water partition coefficient (Wildman–Crippen LogP) is 0.382. The van der Waals surface area contributed by atoms with Gasteiger partial charge >= 0.3 is 5.97 Å². The number of alkyl halides is 1. The maximum atomic E-state index is 12.7. The number of nitrogens with zero attached hydrogens (tertiary/aromatic N) is 2. The Morgan fingerprint density at radius 1 is 1.35 bits per heavy atom. The van der Waals surface area contributed by atoms with Gasteiger partial charge in [-0.1, -0.05) is 12.1 Å². The molecule has 1 aromatic heterocycles. The summed E-state index contributed by atoms with van der Waals surface area (Å²) in [5.41, 5.74) is 0.149. The highest BCUT2D eigenvalue weighted by Gasteiger charge is 2.33. The van der Waals surface area contributed by atoms with Crippen molar-refractivity contribution in [2.45, 2.75) is 31.3 Å². The molecule has 1 aliphatic rings. The number of aliphatic carboxylic acids is 1. The van der Waals surface area contributed by atoms with Crippen LogP contribution in [0.15, 0.2) is 29.1 Å². The highest BCUT2D eigenvalue weighted by atomic mass is 19.1. The van der Waals surface area contributed by atoms with Crippen LogP contribution in [-0.4, -0.2) is 45.0 Å². The molecular formula is C17H16FN3O5. The van der Waals surface area contributed by atoms with Gasteiger partial charge in [-0.25, -0.2) is 9.37 Å². The molecule has 1 unspecified atom stereocenters. The molecule has 0 radical (unpaired) electrons. The summed E-state index contributed by atoms with van der Waals surface area (Å²) in [6.07, 6.45) is -0.0498. The quantitative estimate of drug-likeness (QED) is 0.768. The number of fused-ring (bicyclic) bond motifs is 2. The number of hydrogen-bond acceptors (Lipinski definition) is 5. The van der Waals surface area contributed by atoms with E-state index in [2.05, 4.69) is 10.3 Å². The lowest BCUT2D eigenvalue weighted by Crippen LogP contribution is -2.46. The molecule has 0 saturated heterocycles. The molecule has 1 aromatic carbocycles. The molecule has 1 amide bonds. The molecule has 9 heteroatoms. The molecule has 0 saturated carbocycles. The zero-order chi connectivity index (χ0) is 18.8. The fourth-order valence-electron chi connectivity index (χ4n) is 3.11. The van der Waals surface area contributed by atoms with E-state index < -0.39 is 42.8 Å². The predicted molar refractivity (Wildman–Crippen MR) is 88.5 cm³/mol. The fraction of sp³-hybridized carbons (Fsp3) is 0.353. The molecular weight excluding hydrogens is 345 g/mol. The molecule has 0 fully saturated rings. The smallest absolute Gasteiger partial charge is 0.305 e. The third-order valence-electron chi connectivity index (χ3n) is 4.35. The van der Waals surface area contributed by atoms with E-state index in [1.807, 2.05) is 0 Å². The Morgan fingerprint density at radius 2 is 2.08 bits per heavy atom. The van der Waals surface area contributed by atoms with E-state index in [1.165, 1.54) is 4.57 Å². The van der Waals surface area contributed by atoms with Gasteiger partial charge in [0.05, 0.1) is 17.3 Å². The van der Waals surface area contributed by atoms with Crippen molar-refractivity contribution in [2.75, 3.05) is 6.67 Å². The summed E-state index contributed by atoms with van der Waals surface area (Å²) >= 11 is 0. The van der Waals surface area contributed by atoms with E-state index in [9.17, 15) is 23.6 Å². The number of benzene rings is 1. The number of aromatic nitrogens is 2. The molecule has 0 spiro atoms. The lowest BCUT2D eigenvalue weighted by molar-refractivity contribution is -0.140. The number of carboxylic acid groups (broad SMARTS) is 1. The average molecular weight is 361 g/mol. The topological polar surface area (TPSA) is 118 Å². The van der Waals surface area contributed by atoms with Crippen LogP contribution in [0.25, 0.3) is 10.9 Å². The Kier molecular flexibility index (Phi) is 4.79. The molecule has 3 rings (SSSR count). The number of carboxylic acids is 1. The minimum atomic E-state index is -1.47. The summed E-state index contributed by atoms with van der Waals surface area (Å²) in [5.74, 6) is -2.62. The van der Waals surface area contributed by atoms with Crippen molar-refractivity contribution < 1.29 is 23.9 Å². The van der Waals surface area contributed by atoms with Crippen LogP contribution in [0.1, 0.15) is 24.7 Å². The zero-order valence-corrected chi connectivity index (χ0v) is 13.6. The number of amides is 1. The molecule has 136 valence electrons. The van der Waals surface area contributed by atoms with Crippen molar-refractivity contribution in [3.63, 3.8) is 0 Å². The first kappa shape index (κ1) is 17.7. The van der Waals surface area contributed by atoms with E-state index in [4.69, 9.17) is 5.11 Å². The van der Waals surface area contributed by atoms with Gasteiger partial charge in [0.15, 0.2) is 5.78 Å². The molecule has 2 atom stereocenters. The number of halogens is 1. The monoisotopic (exact) mass is 361 g/mol. The van der Waals surface area contributed by atoms with Crippen molar-refractivity contribution in [3.05, 3.63) is 40.4 Å². The second-order valence-corrected chi connectivity index (χ2v) is 6.03. The van der Waals surface area contributed by atoms with Gasteiger partial charge in [-0.3, -0.25) is 23.7 Å². The number of aryl methyl sites for hydroxylation is 1. The van der Waals surface area contributed by atoms with E-state index >= 15 is 0 Å². The van der Waals surface area contributed by atoms with Crippen LogP contribution in [0.2, 0.25) is 0 Å². The van der Waals surface area contributed by atoms with Gasteiger partial charge in [0, 0.05) is 6.42 Å². The molecule has 0 bridgehead atoms. The minimum Gasteiger partial charge on any atom is -0.481 e. The van der Waals surface area contributed by atoms with E-state index in [1.54, 1.807) is 24.3 Å². The van der Waals surface area contributed by atoms with Gasteiger partial charge in [0.2, 0.25) is 5.91 Å². The fourth-order valence-corrected chi connectivity index (χ4v) is 3.11. The second-order valence-electron chi connectivity index (χ2n) is 6.03. The van der Waals surface area contributed by atoms with Crippen LogP contribution in [0.3, 0.4) is 0 Å². The van der Waals surface area contributed by atoms with Gasteiger partial charge in [-0.2, -0.15) is 0 Å². The lowest BCUT2D eigenvalue weighted by atomic mass is 10.1. The van der Waals surface area contributed by atoms with Crippen molar-refractivity contribution >= 4 is 28.6 Å². The van der Waals surface area contributed by atoms with Gasteiger partial charge in [0.1, 0.15) is 24.6 Å². The van der Waals surface area contributed by atoms with E-state index in [0.29, 0.717) is 23.1 Å². The number of hydrogen-bond donors (Lipinski definition) is 2. The standard InChI is InChI=1S/C17H16FN3O5/c18-8-13(22)11(7-15(23)24)20-16(25)12-5-6-14-19-10-4-2-1-3-9(10)17(26)21(12)14/h1-4,11-12H,5-8H2,(H,20,25)(H,23,24)/t11?,12-/m0/s1. The molecule has 2 heterocycles. The Bertz CT molecular complexity index is 955. The van der Waals surface area contributed by atoms with Crippen molar-refractivity contribution in [1.82, 2.24) is 14.9 Å². The highest BCUT2D eigenvalue weighted by Crippen LogP contribution is 2.24. The van der Waals surface area contributed by atoms with Crippen LogP contribution in [-0.2, 0) is 20.8 Å². The van der Waals surface area contributed by atoms with Crippen LogP contribution in [0, 0.1) is 0 Å². The summed E-state index contributed by atoms with van der Waals surface area (Å²) in [6.45, 7) is -1.38. The molecule has 0 aliphatic carbocycles. The van der Waals surface area contributed by atoms with E-state index in [0.717, 1.165) is 0 Å². The summed E-state index contributed by atoms with van der Waals surface area (Å²) in [4.78, 5) is 52.0. The number of carbonyl (C=O) groups is 3. The first-order chi connectivity index (χ1) is 12.4. The first-order valence-electron chi connectivity index (χ1n) is 8.03. The summed E-state index contributed by atoms with van der Waals surface area (Å²) in [5, 5.41) is 11.5. The average Bonchev–Trinajstić information content (AvgIpc) is 3.04. The Balaban J connectivity index is 1.91. The van der Waals surface area contributed by atoms with Crippen LogP contribution < -0.4 is 10.9 Å². The summed E-state index contributed by atoms with van der Waals surface area (Å²) in [7, 11) is 0. The highest BCUT2D eigenvalue weighted by molar-refractivity contribution is 5.93. The van der Waals surface area contributed by atoms with Gasteiger partial charge in [-0.05, 0) is 18.6 Å². The second kappa shape index (κ2) is 7.03. The number of para-hydroxylation sites is 1. The van der Waals surface area contributed by atoms with E-state index in [-0.39, 0.29) is 12.0 Å². The molecule has 1 aliphatic heterocycles. The van der Waals surface area contributed by atoms with Crippen molar-refractivity contribution in [1.29, 1.82) is 0 Å². The molecule has 2 N–H and O–H groups in total. The number of carbonyl (C=O) groups excluding carboxylic acids is 2. The van der Waals surface area contributed by atoms with Crippen molar-refractivity contribution in [2.24, 2.45) is 0 Å². The summed E-state index contributed by atoms with van der Waals surface area (Å²) < 4.78 is 13.9. The van der Waals surface area contributed by atoms with Gasteiger partial charge < -0.3 is 10.4 Å². The number of ketones is 1. The molecule has 8 nitrogen and oxygen atoms in total. The Labute approximate surface area is 146 Å². The SMILES string of the molecule is O=C(O)CC(NC(=O)[C@@H]1CCc2nc3ccccc3c(=O)n21)C(=O)CF. The Morgan fingerprint density at radius 3 is 2.77 bits per heavy atom. The maximum absolute atomic E-state index is 12.7. The van der Waals surface area contributed by atoms with Crippen LogP contribution in [0.4, 0.5) is 4.39 Å². The zero-order valence-electron chi connectivity index (χ0n) is 13.6. The third kappa shape index (κ3) is 3.19. The van der Waals surface area contributed by atoms with Gasteiger partial charge in [-0.15, -0.1) is 0 Å². The van der Waals surface area contributed by atoms with Crippen LogP contribution >= 0.6 is 0 Å². The minimum absolute atomic E-state index is 0.286. The maximum Gasteiger partial charge on any atom is 0.305 e. The van der Waals surface area contributed by atoms with Crippen molar-refractivity contribution in [3.8, 4) is 0 Å². The molecule has 2 aromatic rings. The largest absolute Gasteiger partial charge is 0.481 e.